The van der Waals surface area contributed by atoms with Gasteiger partial charge in [0.1, 0.15) is 24.7 Å². The third kappa shape index (κ3) is 12.8. The summed E-state index contributed by atoms with van der Waals surface area (Å²) in [5.41, 5.74) is 3.00. The molecule has 3 atom stereocenters. The van der Waals surface area contributed by atoms with Crippen molar-refractivity contribution < 1.29 is 43.4 Å². The van der Waals surface area contributed by atoms with Crippen molar-refractivity contribution in [1.29, 1.82) is 0 Å². The van der Waals surface area contributed by atoms with E-state index >= 15 is 0 Å². The number of H-pyrrole nitrogens is 1. The van der Waals surface area contributed by atoms with Gasteiger partial charge in [0.2, 0.25) is 29.5 Å². The maximum atomic E-state index is 13.2. The SMILES string of the molecule is C[C@H](NC(=O)CNC(=O)[C@H](Cc1c[nH]c2ccccc12)NC(=O)CNC(=O)CNC(=O)[C@H](Cc1ccccc1)NC(=O)OCc1ccccc1)C(=O)O. The molecule has 0 bridgehead atoms. The van der Waals surface area contributed by atoms with Gasteiger partial charge in [-0.1, -0.05) is 78.9 Å². The summed E-state index contributed by atoms with van der Waals surface area (Å²) in [6.07, 6.45) is 0.985. The second-order valence-electron chi connectivity index (χ2n) is 12.0. The number of ether oxygens (including phenoxy) is 1. The predicted molar refractivity (Wildman–Crippen MR) is 192 cm³/mol. The molecule has 0 unspecified atom stereocenters. The van der Waals surface area contributed by atoms with Gasteiger partial charge in [-0.2, -0.15) is 0 Å². The van der Waals surface area contributed by atoms with Gasteiger partial charge in [0.05, 0.1) is 19.6 Å². The second-order valence-corrected chi connectivity index (χ2v) is 12.0. The number of aromatic amines is 1. The van der Waals surface area contributed by atoms with E-state index in [0.29, 0.717) is 5.56 Å². The van der Waals surface area contributed by atoms with Crippen LogP contribution >= 0.6 is 0 Å². The molecule has 0 fully saturated rings. The number of hydrogen-bond acceptors (Lipinski definition) is 8. The average Bonchev–Trinajstić information content (AvgIpc) is 3.57. The van der Waals surface area contributed by atoms with E-state index in [1.54, 1.807) is 60.8 Å². The fraction of sp³-hybridized carbons (Fsp3) is 0.270. The standard InChI is InChI=1S/C37H41N7O9/c1-23(36(50)51)42-32(46)21-41-35(49)30(17-26-18-38-28-15-9-8-14-27(26)28)43-33(47)20-39-31(45)19-40-34(48)29(16-24-10-4-2-5-11-24)44-37(52)53-22-25-12-6-3-7-13-25/h2-15,18,23,29-30,38H,16-17,19-22H2,1H3,(H,39,45)(H,40,48)(H,41,49)(H,42,46)(H,43,47)(H,44,52)(H,50,51)/t23-,29-,30-/m0/s1. The zero-order valence-electron chi connectivity index (χ0n) is 28.8. The Hall–Kier alpha value is -6.71. The number of aliphatic carboxylic acids is 1. The van der Waals surface area contributed by atoms with E-state index in [0.717, 1.165) is 22.0 Å². The van der Waals surface area contributed by atoms with E-state index in [2.05, 4.69) is 36.9 Å². The number of para-hydroxylation sites is 1. The van der Waals surface area contributed by atoms with Gasteiger partial charge in [0.25, 0.3) is 0 Å². The lowest BCUT2D eigenvalue weighted by Crippen LogP contribution is -2.53. The molecule has 3 aromatic carbocycles. The minimum absolute atomic E-state index is 0.0114. The van der Waals surface area contributed by atoms with Crippen molar-refractivity contribution in [3.8, 4) is 0 Å². The lowest BCUT2D eigenvalue weighted by Gasteiger charge is -2.19. The number of amides is 6. The average molecular weight is 728 g/mol. The van der Waals surface area contributed by atoms with Gasteiger partial charge in [0, 0.05) is 29.9 Å². The van der Waals surface area contributed by atoms with Crippen LogP contribution in [0.5, 0.6) is 0 Å². The lowest BCUT2D eigenvalue weighted by atomic mass is 10.0. The van der Waals surface area contributed by atoms with Crippen molar-refractivity contribution in [1.82, 2.24) is 36.9 Å². The Morgan fingerprint density at radius 1 is 0.642 bits per heavy atom. The Bertz CT molecular complexity index is 1900. The number of carboxylic acid groups (broad SMARTS) is 1. The van der Waals surface area contributed by atoms with Crippen molar-refractivity contribution in [3.05, 3.63) is 108 Å². The Labute approximate surface area is 304 Å². The van der Waals surface area contributed by atoms with Gasteiger partial charge < -0.3 is 46.7 Å². The topological polar surface area (TPSA) is 237 Å². The fourth-order valence-corrected chi connectivity index (χ4v) is 5.12. The van der Waals surface area contributed by atoms with Crippen LogP contribution in [0.2, 0.25) is 0 Å². The van der Waals surface area contributed by atoms with Crippen LogP contribution in [0.15, 0.2) is 91.1 Å². The van der Waals surface area contributed by atoms with E-state index in [9.17, 15) is 33.6 Å². The third-order valence-electron chi connectivity index (χ3n) is 7.90. The van der Waals surface area contributed by atoms with Crippen molar-refractivity contribution in [2.75, 3.05) is 19.6 Å². The molecular weight excluding hydrogens is 686 g/mol. The molecule has 0 radical (unpaired) electrons. The van der Waals surface area contributed by atoms with Gasteiger partial charge >= 0.3 is 12.1 Å². The number of aromatic nitrogens is 1. The number of hydrogen-bond donors (Lipinski definition) is 8. The Morgan fingerprint density at radius 2 is 1.19 bits per heavy atom. The van der Waals surface area contributed by atoms with Crippen molar-refractivity contribution in [2.45, 2.75) is 44.5 Å². The summed E-state index contributed by atoms with van der Waals surface area (Å²) < 4.78 is 5.26. The van der Waals surface area contributed by atoms with Crippen LogP contribution < -0.4 is 31.9 Å². The van der Waals surface area contributed by atoms with E-state index in [1.807, 2.05) is 30.3 Å². The Morgan fingerprint density at radius 3 is 1.85 bits per heavy atom. The van der Waals surface area contributed by atoms with E-state index in [1.165, 1.54) is 6.92 Å². The molecule has 53 heavy (non-hydrogen) atoms. The van der Waals surface area contributed by atoms with Crippen molar-refractivity contribution in [3.63, 3.8) is 0 Å². The van der Waals surface area contributed by atoms with Crippen LogP contribution in [0.4, 0.5) is 4.79 Å². The minimum Gasteiger partial charge on any atom is -0.480 e. The van der Waals surface area contributed by atoms with Crippen LogP contribution in [0, 0.1) is 0 Å². The molecule has 1 heterocycles. The summed E-state index contributed by atoms with van der Waals surface area (Å²) in [6.45, 7) is -0.367. The highest BCUT2D eigenvalue weighted by Gasteiger charge is 2.25. The summed E-state index contributed by atoms with van der Waals surface area (Å²) in [5.74, 6) is -4.84. The summed E-state index contributed by atoms with van der Waals surface area (Å²) in [7, 11) is 0. The first-order valence-corrected chi connectivity index (χ1v) is 16.7. The van der Waals surface area contributed by atoms with Gasteiger partial charge in [-0.25, -0.2) is 4.79 Å². The van der Waals surface area contributed by atoms with E-state index in [-0.39, 0.29) is 19.4 Å². The molecule has 4 aromatic rings. The van der Waals surface area contributed by atoms with Crippen molar-refractivity contribution in [2.24, 2.45) is 0 Å². The van der Waals surface area contributed by atoms with Gasteiger partial charge in [-0.05, 0) is 29.7 Å². The number of benzene rings is 3. The molecule has 0 spiro atoms. The molecular formula is C37H41N7O9. The zero-order valence-corrected chi connectivity index (χ0v) is 28.8. The number of nitrogens with one attached hydrogen (secondary N) is 7. The zero-order chi connectivity index (χ0) is 38.2. The summed E-state index contributed by atoms with van der Waals surface area (Å²) in [6, 6.07) is 21.8. The minimum atomic E-state index is -1.25. The number of carbonyl (C=O) groups is 7. The van der Waals surface area contributed by atoms with Crippen LogP contribution in [0.3, 0.4) is 0 Å². The summed E-state index contributed by atoms with van der Waals surface area (Å²) in [5, 5.41) is 24.4. The van der Waals surface area contributed by atoms with E-state index < -0.39 is 79.4 Å². The molecule has 4 rings (SSSR count). The molecule has 0 aliphatic rings. The van der Waals surface area contributed by atoms with Crippen LogP contribution in [-0.2, 0) is 53.0 Å². The first kappa shape index (κ1) is 39.1. The highest BCUT2D eigenvalue weighted by Crippen LogP contribution is 2.19. The summed E-state index contributed by atoms with van der Waals surface area (Å²) >= 11 is 0. The summed E-state index contributed by atoms with van der Waals surface area (Å²) in [4.78, 5) is 90.8. The molecule has 0 aliphatic carbocycles. The maximum Gasteiger partial charge on any atom is 0.408 e. The van der Waals surface area contributed by atoms with Crippen LogP contribution in [-0.4, -0.2) is 89.4 Å². The lowest BCUT2D eigenvalue weighted by molar-refractivity contribution is -0.141. The Kier molecular flexibility index (Phi) is 14.5. The number of rotatable bonds is 18. The number of alkyl carbamates (subject to hydrolysis) is 1. The van der Waals surface area contributed by atoms with Gasteiger partial charge in [-0.15, -0.1) is 0 Å². The van der Waals surface area contributed by atoms with Crippen LogP contribution in [0.1, 0.15) is 23.6 Å². The number of carbonyl (C=O) groups excluding carboxylic acids is 6. The molecule has 16 nitrogen and oxygen atoms in total. The molecule has 1 aromatic heterocycles. The second kappa shape index (κ2) is 19.6. The molecule has 16 heteroatoms. The smallest absolute Gasteiger partial charge is 0.408 e. The predicted octanol–water partition coefficient (Wildman–Crippen LogP) is 0.671. The molecule has 8 N–H and O–H groups in total. The first-order chi connectivity index (χ1) is 25.5. The maximum absolute atomic E-state index is 13.2. The monoisotopic (exact) mass is 727 g/mol. The normalized spacial score (nSPS) is 12.3. The third-order valence-corrected chi connectivity index (χ3v) is 7.90. The number of carboxylic acids is 1. The fourth-order valence-electron chi connectivity index (χ4n) is 5.12. The molecule has 0 saturated carbocycles. The first-order valence-electron chi connectivity index (χ1n) is 16.7. The van der Waals surface area contributed by atoms with Gasteiger partial charge in [0.15, 0.2) is 0 Å². The van der Waals surface area contributed by atoms with Crippen LogP contribution in [0.25, 0.3) is 10.9 Å². The highest BCUT2D eigenvalue weighted by molar-refractivity contribution is 5.94. The molecule has 0 aliphatic heterocycles. The molecule has 278 valence electrons. The van der Waals surface area contributed by atoms with E-state index in [4.69, 9.17) is 9.84 Å². The number of fused-ring (bicyclic) bond motifs is 1. The van der Waals surface area contributed by atoms with Crippen molar-refractivity contribution >= 4 is 52.5 Å². The Balaban J connectivity index is 1.31. The molecule has 0 saturated heterocycles. The largest absolute Gasteiger partial charge is 0.480 e. The highest BCUT2D eigenvalue weighted by atomic mass is 16.5. The van der Waals surface area contributed by atoms with Gasteiger partial charge in [-0.3, -0.25) is 28.8 Å². The molecule has 6 amide bonds. The quantitative estimate of drug-likeness (QED) is 0.0718.